The maximum Gasteiger partial charge on any atom is 0.191 e. The first-order valence-corrected chi connectivity index (χ1v) is 8.54. The van der Waals surface area contributed by atoms with Crippen LogP contribution in [0.25, 0.3) is 0 Å². The van der Waals surface area contributed by atoms with E-state index in [9.17, 15) is 0 Å². The zero-order chi connectivity index (χ0) is 15.6. The average Bonchev–Trinajstić information content (AvgIpc) is 2.44. The normalized spacial score (nSPS) is 12.7. The maximum atomic E-state index is 6.01. The SMILES string of the molecule is CC(C)c1ccnc(C(C)Sc2nc(N)c(Br)c(Cl)n2)c1. The van der Waals surface area contributed by atoms with Crippen molar-refractivity contribution in [2.24, 2.45) is 0 Å². The predicted molar refractivity (Wildman–Crippen MR) is 91.8 cm³/mol. The zero-order valence-corrected chi connectivity index (χ0v) is 15.1. The Hall–Kier alpha value is -0.850. The Morgan fingerprint density at radius 1 is 1.29 bits per heavy atom. The first-order valence-electron chi connectivity index (χ1n) is 6.49. The Bertz CT molecular complexity index is 628. The average molecular weight is 388 g/mol. The summed E-state index contributed by atoms with van der Waals surface area (Å²) in [5, 5.41) is 0.978. The number of nitrogens with zero attached hydrogens (tertiary/aromatic N) is 3. The third-order valence-electron chi connectivity index (χ3n) is 2.99. The standard InChI is InChI=1S/C14H16BrClN4S/c1-7(2)9-4-5-18-10(6-9)8(3)21-14-19-12(16)11(15)13(17)20-14/h4-8H,1-3H3,(H2,17,19,20). The van der Waals surface area contributed by atoms with Crippen LogP contribution in [0.15, 0.2) is 28.0 Å². The van der Waals surface area contributed by atoms with Gasteiger partial charge in [-0.2, -0.15) is 0 Å². The minimum Gasteiger partial charge on any atom is -0.383 e. The molecule has 0 bridgehead atoms. The molecule has 0 radical (unpaired) electrons. The van der Waals surface area contributed by atoms with Gasteiger partial charge in [-0.15, -0.1) is 0 Å². The molecule has 0 aliphatic heterocycles. The molecule has 0 fully saturated rings. The van der Waals surface area contributed by atoms with Gasteiger partial charge in [0.25, 0.3) is 0 Å². The van der Waals surface area contributed by atoms with Crippen LogP contribution in [-0.4, -0.2) is 15.0 Å². The summed E-state index contributed by atoms with van der Waals surface area (Å²) >= 11 is 10.7. The molecular weight excluding hydrogens is 372 g/mol. The van der Waals surface area contributed by atoms with Crippen LogP contribution < -0.4 is 5.73 Å². The molecule has 0 amide bonds. The lowest BCUT2D eigenvalue weighted by molar-refractivity contribution is 0.850. The molecule has 2 N–H and O–H groups in total. The Balaban J connectivity index is 2.22. The lowest BCUT2D eigenvalue weighted by Gasteiger charge is -2.13. The van der Waals surface area contributed by atoms with Crippen LogP contribution in [0.5, 0.6) is 0 Å². The highest BCUT2D eigenvalue weighted by molar-refractivity contribution is 9.10. The van der Waals surface area contributed by atoms with Crippen molar-refractivity contribution in [1.29, 1.82) is 0 Å². The quantitative estimate of drug-likeness (QED) is 0.461. The Kier molecular flexibility index (Phi) is 5.46. The smallest absolute Gasteiger partial charge is 0.191 e. The largest absolute Gasteiger partial charge is 0.383 e. The van der Waals surface area contributed by atoms with Crippen LogP contribution in [0.3, 0.4) is 0 Å². The maximum absolute atomic E-state index is 6.01. The topological polar surface area (TPSA) is 64.7 Å². The third-order valence-corrected chi connectivity index (χ3v) is 5.26. The van der Waals surface area contributed by atoms with Gasteiger partial charge < -0.3 is 5.73 Å². The van der Waals surface area contributed by atoms with Gasteiger partial charge in [0.15, 0.2) is 5.16 Å². The van der Waals surface area contributed by atoms with E-state index < -0.39 is 0 Å². The molecule has 7 heteroatoms. The number of anilines is 1. The first-order chi connectivity index (χ1) is 9.88. The molecule has 2 aromatic heterocycles. The summed E-state index contributed by atoms with van der Waals surface area (Å²) in [6.45, 7) is 6.39. The van der Waals surface area contributed by atoms with Gasteiger partial charge in [0, 0.05) is 6.20 Å². The molecule has 112 valence electrons. The zero-order valence-electron chi connectivity index (χ0n) is 12.0. The minimum atomic E-state index is 0.111. The molecular formula is C14H16BrClN4S. The second-order valence-corrected chi connectivity index (χ2v) is 7.38. The van der Waals surface area contributed by atoms with Crippen molar-refractivity contribution in [2.75, 3.05) is 5.73 Å². The molecule has 21 heavy (non-hydrogen) atoms. The van der Waals surface area contributed by atoms with Gasteiger partial charge in [0.05, 0.1) is 15.4 Å². The fourth-order valence-electron chi connectivity index (χ4n) is 1.73. The van der Waals surface area contributed by atoms with E-state index in [1.807, 2.05) is 12.3 Å². The van der Waals surface area contributed by atoms with E-state index in [2.05, 4.69) is 57.7 Å². The Labute approximate surface area is 142 Å². The van der Waals surface area contributed by atoms with E-state index in [1.54, 1.807) is 0 Å². The van der Waals surface area contributed by atoms with Crippen molar-refractivity contribution in [3.05, 3.63) is 39.2 Å². The van der Waals surface area contributed by atoms with E-state index in [-0.39, 0.29) is 5.25 Å². The van der Waals surface area contributed by atoms with Crippen molar-refractivity contribution in [2.45, 2.75) is 37.1 Å². The summed E-state index contributed by atoms with van der Waals surface area (Å²) < 4.78 is 0.529. The van der Waals surface area contributed by atoms with Crippen molar-refractivity contribution >= 4 is 45.1 Å². The lowest BCUT2D eigenvalue weighted by atomic mass is 10.0. The van der Waals surface area contributed by atoms with Gasteiger partial charge in [-0.05, 0) is 46.5 Å². The van der Waals surface area contributed by atoms with Crippen molar-refractivity contribution in [3.63, 3.8) is 0 Å². The molecule has 0 saturated heterocycles. The molecule has 2 heterocycles. The van der Waals surface area contributed by atoms with Crippen LogP contribution in [-0.2, 0) is 0 Å². The third kappa shape index (κ3) is 4.08. The fraction of sp³-hybridized carbons (Fsp3) is 0.357. The van der Waals surface area contributed by atoms with E-state index in [0.29, 0.717) is 26.5 Å². The van der Waals surface area contributed by atoms with Crippen molar-refractivity contribution in [1.82, 2.24) is 15.0 Å². The number of aromatic nitrogens is 3. The predicted octanol–water partition coefficient (Wildman–Crippen LogP) is 4.85. The second-order valence-electron chi connectivity index (χ2n) is 4.93. The van der Waals surface area contributed by atoms with Crippen LogP contribution in [0, 0.1) is 0 Å². The highest BCUT2D eigenvalue weighted by atomic mass is 79.9. The molecule has 0 aliphatic rings. The van der Waals surface area contributed by atoms with Crippen molar-refractivity contribution < 1.29 is 0 Å². The minimum absolute atomic E-state index is 0.111. The number of hydrogen-bond donors (Lipinski definition) is 1. The lowest BCUT2D eigenvalue weighted by Crippen LogP contribution is -2.00. The number of rotatable bonds is 4. The first kappa shape index (κ1) is 16.5. The van der Waals surface area contributed by atoms with E-state index in [1.165, 1.54) is 17.3 Å². The second kappa shape index (κ2) is 6.94. The van der Waals surface area contributed by atoms with Gasteiger partial charge in [0.1, 0.15) is 11.0 Å². The summed E-state index contributed by atoms with van der Waals surface area (Å²) in [5.41, 5.74) is 8.05. The summed E-state index contributed by atoms with van der Waals surface area (Å²) in [4.78, 5) is 12.9. The number of nitrogen functional groups attached to an aromatic ring is 1. The van der Waals surface area contributed by atoms with Crippen LogP contribution in [0.4, 0.5) is 5.82 Å². The Morgan fingerprint density at radius 2 is 2.00 bits per heavy atom. The fourth-order valence-corrected chi connectivity index (χ4v) is 3.00. The molecule has 2 rings (SSSR count). The van der Waals surface area contributed by atoms with Gasteiger partial charge >= 0.3 is 0 Å². The molecule has 4 nitrogen and oxygen atoms in total. The van der Waals surface area contributed by atoms with Crippen LogP contribution in [0.1, 0.15) is 43.2 Å². The highest BCUT2D eigenvalue weighted by Crippen LogP contribution is 2.35. The van der Waals surface area contributed by atoms with Gasteiger partial charge in [-0.25, -0.2) is 9.97 Å². The van der Waals surface area contributed by atoms with E-state index >= 15 is 0 Å². The van der Waals surface area contributed by atoms with E-state index in [4.69, 9.17) is 17.3 Å². The molecule has 0 aromatic carbocycles. The summed E-state index contributed by atoms with van der Waals surface area (Å²) in [6, 6.07) is 4.16. The van der Waals surface area contributed by atoms with Gasteiger partial charge in [-0.3, -0.25) is 4.98 Å². The monoisotopic (exact) mass is 386 g/mol. The number of hydrogen-bond acceptors (Lipinski definition) is 5. The molecule has 0 saturated carbocycles. The molecule has 1 unspecified atom stereocenters. The molecule has 0 aliphatic carbocycles. The highest BCUT2D eigenvalue weighted by Gasteiger charge is 2.15. The molecule has 2 aromatic rings. The summed E-state index contributed by atoms with van der Waals surface area (Å²) in [5.74, 6) is 0.812. The summed E-state index contributed by atoms with van der Waals surface area (Å²) in [7, 11) is 0. The number of pyridine rings is 1. The molecule has 1 atom stereocenters. The van der Waals surface area contributed by atoms with Crippen LogP contribution >= 0.6 is 39.3 Å². The number of nitrogens with two attached hydrogens (primary N) is 1. The summed E-state index contributed by atoms with van der Waals surface area (Å²) in [6.07, 6.45) is 1.84. The van der Waals surface area contributed by atoms with Crippen LogP contribution in [0.2, 0.25) is 5.15 Å². The number of thioether (sulfide) groups is 1. The van der Waals surface area contributed by atoms with Crippen molar-refractivity contribution in [3.8, 4) is 0 Å². The van der Waals surface area contributed by atoms with Gasteiger partial charge in [0.2, 0.25) is 0 Å². The Morgan fingerprint density at radius 3 is 2.62 bits per heavy atom. The van der Waals surface area contributed by atoms with E-state index in [0.717, 1.165) is 5.69 Å². The molecule has 0 spiro atoms. The van der Waals surface area contributed by atoms with Gasteiger partial charge in [-0.1, -0.05) is 37.2 Å². The number of halogens is 2.